The van der Waals surface area contributed by atoms with E-state index in [0.29, 0.717) is 55.0 Å². The molecule has 8 bridgehead atoms. The molecule has 1 aromatic rings. The molecule has 9 fully saturated rings. The molecule has 0 amide bonds. The zero-order valence-corrected chi connectivity index (χ0v) is 31.0. The number of hydrogen-bond donors (Lipinski definition) is 8. The van der Waals surface area contributed by atoms with E-state index in [2.05, 4.69) is 42.5 Å². The molecule has 10 rings (SSSR count). The van der Waals surface area contributed by atoms with Crippen molar-refractivity contribution in [2.24, 2.45) is 47.3 Å². The molecule has 0 radical (unpaired) electrons. The molecule has 0 aromatic heterocycles. The van der Waals surface area contributed by atoms with Gasteiger partial charge in [-0.15, -0.1) is 5.69 Å². The third-order valence-electron chi connectivity index (χ3n) is 14.9. The van der Waals surface area contributed by atoms with Crippen molar-refractivity contribution in [3.05, 3.63) is 30.0 Å². The summed E-state index contributed by atoms with van der Waals surface area (Å²) in [5, 5.41) is 33.8. The van der Waals surface area contributed by atoms with Crippen molar-refractivity contribution < 1.29 is 21.8 Å². The SMILES string of the molecule is C1CCC2C3NC(NC4NC(NC5NC(NC6NC(N3)C3CCCCC63)C3CCCCC53)C3CCCCC43)C2C1.COc1ccc([NH-])cc1.[Cu+]. The third kappa shape index (κ3) is 7.03. The van der Waals surface area contributed by atoms with Crippen LogP contribution in [0.1, 0.15) is 103 Å². The predicted octanol–water partition coefficient (Wildman–Crippen LogP) is 4.98. The van der Waals surface area contributed by atoms with Crippen LogP contribution in [0.3, 0.4) is 0 Å². The Balaban J connectivity index is 0.000000318. The van der Waals surface area contributed by atoms with Gasteiger partial charge in [0.15, 0.2) is 0 Å². The number of benzene rings is 1. The average Bonchev–Trinajstić information content (AvgIpc) is 3.88. The van der Waals surface area contributed by atoms with Crippen LogP contribution < -0.4 is 47.3 Å². The van der Waals surface area contributed by atoms with Crippen molar-refractivity contribution in [1.29, 1.82) is 0 Å². The van der Waals surface area contributed by atoms with Gasteiger partial charge in [0.1, 0.15) is 5.75 Å². The second kappa shape index (κ2) is 15.8. The topological polar surface area (TPSA) is 129 Å². The zero-order chi connectivity index (χ0) is 32.9. The summed E-state index contributed by atoms with van der Waals surface area (Å²) in [5.74, 6) is 6.77. The molecule has 282 valence electrons. The molecule has 5 aliphatic heterocycles. The molecule has 5 saturated heterocycles. The van der Waals surface area contributed by atoms with Crippen LogP contribution in [-0.4, -0.2) is 56.4 Å². The molecule has 11 heteroatoms. The number of nitrogens with one attached hydrogen (secondary N) is 9. The van der Waals surface area contributed by atoms with Crippen molar-refractivity contribution in [2.75, 3.05) is 7.11 Å². The van der Waals surface area contributed by atoms with Crippen molar-refractivity contribution in [3.8, 4) is 5.75 Å². The summed E-state index contributed by atoms with van der Waals surface area (Å²) in [4.78, 5) is 0. The predicted molar refractivity (Wildman–Crippen MR) is 194 cm³/mol. The Morgan fingerprint density at radius 3 is 0.780 bits per heavy atom. The van der Waals surface area contributed by atoms with Gasteiger partial charge in [-0.1, -0.05) is 63.5 Å². The molecule has 50 heavy (non-hydrogen) atoms. The van der Waals surface area contributed by atoms with E-state index in [1.807, 2.05) is 0 Å². The van der Waals surface area contributed by atoms with E-state index in [4.69, 9.17) is 10.5 Å². The normalized spacial score (nSPS) is 47.7. The third-order valence-corrected chi connectivity index (χ3v) is 14.9. The van der Waals surface area contributed by atoms with E-state index in [1.54, 1.807) is 31.4 Å². The first-order chi connectivity index (χ1) is 24.1. The van der Waals surface area contributed by atoms with Crippen molar-refractivity contribution in [2.45, 2.75) is 152 Å². The summed E-state index contributed by atoms with van der Waals surface area (Å²) >= 11 is 0. The van der Waals surface area contributed by atoms with E-state index < -0.39 is 0 Å². The first kappa shape index (κ1) is 36.0. The number of ether oxygens (including phenoxy) is 1. The van der Waals surface area contributed by atoms with Gasteiger partial charge in [-0.25, -0.2) is 0 Å². The van der Waals surface area contributed by atoms with E-state index in [9.17, 15) is 0 Å². The second-order valence-electron chi connectivity index (χ2n) is 17.3. The molecule has 10 nitrogen and oxygen atoms in total. The Bertz CT molecular complexity index is 1050. The van der Waals surface area contributed by atoms with Gasteiger partial charge >= 0.3 is 17.1 Å². The first-order valence-electron chi connectivity index (χ1n) is 20.6. The quantitative estimate of drug-likeness (QED) is 0.188. The fourth-order valence-corrected chi connectivity index (χ4v) is 12.6. The standard InChI is InChI=1S/C32H56N8.C7H8NO.Cu/c1-2-10-18-17(9-1)25-33-26(18)38-28-21-13-5-6-14-22(21)30(35-28)40-32-24-16-8-7-15-23(24)31(36-32)39-29-20-12-4-3-11-19(20)27(34-29)37-25;1-9-7-4-2-6(8)3-5-7;/h17-40H,1-16H2;2-5,8H,1H3;/q;-1;+1. The summed E-state index contributed by atoms with van der Waals surface area (Å²) in [6.07, 6.45) is 25.6. The van der Waals surface area contributed by atoms with Gasteiger partial charge in [-0.2, -0.15) is 0 Å². The minimum Gasteiger partial charge on any atom is -0.699 e. The van der Waals surface area contributed by atoms with Gasteiger partial charge in [-0.05, 0) is 111 Å². The Labute approximate surface area is 311 Å². The van der Waals surface area contributed by atoms with Crippen molar-refractivity contribution in [3.63, 3.8) is 0 Å². The van der Waals surface area contributed by atoms with E-state index in [1.165, 1.54) is 103 Å². The second-order valence-corrected chi connectivity index (χ2v) is 17.3. The van der Waals surface area contributed by atoms with E-state index >= 15 is 0 Å². The summed E-state index contributed by atoms with van der Waals surface area (Å²) in [5.41, 5.74) is 7.62. The minimum absolute atomic E-state index is 0. The molecule has 8 unspecified atom stereocenters. The number of fused-ring (bicyclic) bond motifs is 20. The van der Waals surface area contributed by atoms with E-state index in [-0.39, 0.29) is 17.1 Å². The first-order valence-corrected chi connectivity index (χ1v) is 20.6. The zero-order valence-electron chi connectivity index (χ0n) is 30.1. The molecule has 0 spiro atoms. The number of hydrogen-bond acceptors (Lipinski definition) is 9. The smallest absolute Gasteiger partial charge is 0.699 e. The molecule has 4 saturated carbocycles. The van der Waals surface area contributed by atoms with Crippen LogP contribution >= 0.6 is 0 Å². The maximum Gasteiger partial charge on any atom is 1.00 e. The molecule has 9 aliphatic rings. The van der Waals surface area contributed by atoms with Gasteiger partial charge in [0, 0.05) is 0 Å². The Morgan fingerprint density at radius 2 is 0.600 bits per heavy atom. The molecule has 4 aliphatic carbocycles. The van der Waals surface area contributed by atoms with Gasteiger partial charge in [0.2, 0.25) is 0 Å². The van der Waals surface area contributed by atoms with Crippen LogP contribution in [0.25, 0.3) is 5.73 Å². The monoisotopic (exact) mass is 737 g/mol. The maximum absolute atomic E-state index is 7.11. The molecule has 5 heterocycles. The molecule has 8 atom stereocenters. The fourth-order valence-electron chi connectivity index (χ4n) is 12.6. The largest absolute Gasteiger partial charge is 1.00 e. The molecule has 1 aromatic carbocycles. The van der Waals surface area contributed by atoms with Crippen LogP contribution in [0.4, 0.5) is 5.69 Å². The van der Waals surface area contributed by atoms with Crippen LogP contribution in [0.2, 0.25) is 0 Å². The van der Waals surface area contributed by atoms with Gasteiger partial charge in [-0.3, -0.25) is 42.5 Å². The van der Waals surface area contributed by atoms with Crippen LogP contribution in [0, 0.1) is 47.3 Å². The fraction of sp³-hybridized carbons (Fsp3) is 0.846. The minimum atomic E-state index is 0. The summed E-state index contributed by atoms with van der Waals surface area (Å²) in [6, 6.07) is 6.92. The van der Waals surface area contributed by atoms with Crippen molar-refractivity contribution >= 4 is 5.69 Å². The van der Waals surface area contributed by atoms with Crippen LogP contribution in [0.15, 0.2) is 24.3 Å². The molecule has 9 N–H and O–H groups in total. The number of methoxy groups -OCH3 is 1. The average molecular weight is 739 g/mol. The summed E-state index contributed by atoms with van der Waals surface area (Å²) < 4.78 is 4.89. The molecular weight excluding hydrogens is 674 g/mol. The Kier molecular flexibility index (Phi) is 11.4. The number of rotatable bonds is 1. The van der Waals surface area contributed by atoms with Gasteiger partial charge in [0.25, 0.3) is 0 Å². The molecular formula is C39H64CuN9O. The van der Waals surface area contributed by atoms with Gasteiger partial charge < -0.3 is 10.5 Å². The Morgan fingerprint density at radius 1 is 0.400 bits per heavy atom. The Hall–Kier alpha value is -0.981. The summed E-state index contributed by atoms with van der Waals surface area (Å²) in [7, 11) is 1.61. The maximum atomic E-state index is 7.11. The van der Waals surface area contributed by atoms with Gasteiger partial charge in [0.05, 0.1) is 56.4 Å². The van der Waals surface area contributed by atoms with E-state index in [0.717, 1.165) is 53.1 Å². The van der Waals surface area contributed by atoms with Crippen LogP contribution in [0.5, 0.6) is 5.75 Å². The van der Waals surface area contributed by atoms with Crippen LogP contribution in [-0.2, 0) is 17.1 Å². The summed E-state index contributed by atoms with van der Waals surface area (Å²) in [6.45, 7) is 0. The van der Waals surface area contributed by atoms with Crippen molar-refractivity contribution in [1.82, 2.24) is 42.5 Å².